The van der Waals surface area contributed by atoms with Gasteiger partial charge in [0.25, 0.3) is 5.91 Å². The van der Waals surface area contributed by atoms with Crippen molar-refractivity contribution in [3.63, 3.8) is 0 Å². The predicted octanol–water partition coefficient (Wildman–Crippen LogP) is 3.80. The first-order chi connectivity index (χ1) is 12.2. The highest BCUT2D eigenvalue weighted by atomic mass is 16.5. The fourth-order valence-electron chi connectivity index (χ4n) is 2.63. The molecule has 0 bridgehead atoms. The number of carbonyl (C=O) groups is 2. The van der Waals surface area contributed by atoms with Gasteiger partial charge >= 0.3 is 5.97 Å². The van der Waals surface area contributed by atoms with Gasteiger partial charge in [-0.2, -0.15) is 0 Å². The van der Waals surface area contributed by atoms with Gasteiger partial charge in [0, 0.05) is 0 Å². The van der Waals surface area contributed by atoms with Gasteiger partial charge in [-0.05, 0) is 49.9 Å². The number of carbonyl (C=O) groups excluding carboxylic acids is 1. The minimum absolute atomic E-state index is 0.0971. The van der Waals surface area contributed by atoms with Gasteiger partial charge in [0.15, 0.2) is 6.10 Å². The summed E-state index contributed by atoms with van der Waals surface area (Å²) in [5, 5.41) is 11.7. The van der Waals surface area contributed by atoms with Crippen molar-refractivity contribution in [2.75, 3.05) is 0 Å². The van der Waals surface area contributed by atoms with E-state index in [0.717, 1.165) is 11.1 Å². The van der Waals surface area contributed by atoms with Gasteiger partial charge in [0.05, 0.1) is 6.54 Å². The summed E-state index contributed by atoms with van der Waals surface area (Å²) in [6.07, 6.45) is -0.690. The molecule has 0 saturated carbocycles. The fourth-order valence-corrected chi connectivity index (χ4v) is 2.63. The van der Waals surface area contributed by atoms with Gasteiger partial charge in [0.1, 0.15) is 22.8 Å². The van der Waals surface area contributed by atoms with Gasteiger partial charge in [-0.25, -0.2) is 4.79 Å². The summed E-state index contributed by atoms with van der Waals surface area (Å²) in [5.41, 5.74) is 2.20. The number of rotatable bonds is 7. The standard InChI is InChI=1S/C20H25NO5/c1-11(2)16-7-6-12(3)8-18(16)26-14(5)19(22)21-10-15-9-17(20(23)24)13(4)25-15/h6-9,11,14H,10H2,1-5H3,(H,21,22)(H,23,24). The molecule has 140 valence electrons. The van der Waals surface area contributed by atoms with Crippen LogP contribution in [0.3, 0.4) is 0 Å². The number of aromatic carboxylic acids is 1. The van der Waals surface area contributed by atoms with Crippen LogP contribution in [0.1, 0.15) is 59.7 Å². The maximum Gasteiger partial charge on any atom is 0.339 e. The predicted molar refractivity (Wildman–Crippen MR) is 97.6 cm³/mol. The van der Waals surface area contributed by atoms with Crippen molar-refractivity contribution < 1.29 is 23.8 Å². The van der Waals surface area contributed by atoms with E-state index in [1.807, 2.05) is 25.1 Å². The summed E-state index contributed by atoms with van der Waals surface area (Å²) >= 11 is 0. The maximum absolute atomic E-state index is 12.3. The Kier molecular flexibility index (Phi) is 6.08. The molecular weight excluding hydrogens is 334 g/mol. The molecule has 0 aliphatic heterocycles. The first kappa shape index (κ1) is 19.6. The molecule has 1 atom stereocenters. The maximum atomic E-state index is 12.3. The quantitative estimate of drug-likeness (QED) is 0.785. The summed E-state index contributed by atoms with van der Waals surface area (Å²) in [7, 11) is 0. The number of carboxylic acid groups (broad SMARTS) is 1. The average Bonchev–Trinajstić information content (AvgIpc) is 2.93. The molecule has 2 N–H and O–H groups in total. The van der Waals surface area contributed by atoms with Crippen LogP contribution in [-0.2, 0) is 11.3 Å². The zero-order chi connectivity index (χ0) is 19.4. The first-order valence-corrected chi connectivity index (χ1v) is 8.56. The van der Waals surface area contributed by atoms with Crippen LogP contribution >= 0.6 is 0 Å². The second-order valence-corrected chi connectivity index (χ2v) is 6.66. The Bertz CT molecular complexity index is 807. The topological polar surface area (TPSA) is 88.8 Å². The lowest BCUT2D eigenvalue weighted by Gasteiger charge is -2.19. The van der Waals surface area contributed by atoms with Crippen LogP contribution in [0.15, 0.2) is 28.7 Å². The van der Waals surface area contributed by atoms with Crippen molar-refractivity contribution in [1.29, 1.82) is 0 Å². The van der Waals surface area contributed by atoms with Crippen molar-refractivity contribution in [3.8, 4) is 5.75 Å². The molecule has 0 aliphatic carbocycles. The van der Waals surface area contributed by atoms with Crippen LogP contribution in [0.4, 0.5) is 0 Å². The summed E-state index contributed by atoms with van der Waals surface area (Å²) in [4.78, 5) is 23.3. The molecule has 1 amide bonds. The molecule has 1 aromatic carbocycles. The zero-order valence-electron chi connectivity index (χ0n) is 15.8. The van der Waals surface area contributed by atoms with Gasteiger partial charge < -0.3 is 19.6 Å². The SMILES string of the molecule is Cc1ccc(C(C)C)c(OC(C)C(=O)NCc2cc(C(=O)O)c(C)o2)c1. The second kappa shape index (κ2) is 8.08. The number of nitrogens with one attached hydrogen (secondary N) is 1. The number of carboxylic acids is 1. The summed E-state index contributed by atoms with van der Waals surface area (Å²) < 4.78 is 11.2. The second-order valence-electron chi connectivity index (χ2n) is 6.66. The smallest absolute Gasteiger partial charge is 0.339 e. The molecule has 1 aromatic heterocycles. The van der Waals surface area contributed by atoms with E-state index in [9.17, 15) is 9.59 Å². The van der Waals surface area contributed by atoms with E-state index in [2.05, 4.69) is 19.2 Å². The molecule has 0 radical (unpaired) electrons. The van der Waals surface area contributed by atoms with Crippen LogP contribution in [-0.4, -0.2) is 23.1 Å². The van der Waals surface area contributed by atoms with Crippen LogP contribution in [0.25, 0.3) is 0 Å². The third kappa shape index (κ3) is 4.65. The molecule has 0 spiro atoms. The molecule has 6 nitrogen and oxygen atoms in total. The molecule has 1 heterocycles. The number of hydrogen-bond donors (Lipinski definition) is 2. The van der Waals surface area contributed by atoms with Crippen LogP contribution in [0.2, 0.25) is 0 Å². The molecule has 0 aliphatic rings. The summed E-state index contributed by atoms with van der Waals surface area (Å²) in [5.74, 6) is 0.325. The molecule has 1 unspecified atom stereocenters. The Balaban J connectivity index is 2.01. The molecule has 26 heavy (non-hydrogen) atoms. The minimum Gasteiger partial charge on any atom is -0.481 e. The highest BCUT2D eigenvalue weighted by Crippen LogP contribution is 2.28. The van der Waals surface area contributed by atoms with Crippen molar-refractivity contribution in [1.82, 2.24) is 5.32 Å². The lowest BCUT2D eigenvalue weighted by molar-refractivity contribution is -0.127. The highest BCUT2D eigenvalue weighted by molar-refractivity contribution is 5.88. The van der Waals surface area contributed by atoms with E-state index in [0.29, 0.717) is 17.3 Å². The lowest BCUT2D eigenvalue weighted by Crippen LogP contribution is -2.36. The molecular formula is C20H25NO5. The normalized spacial score (nSPS) is 12.1. The van der Waals surface area contributed by atoms with Crippen molar-refractivity contribution >= 4 is 11.9 Å². The molecule has 0 fully saturated rings. The van der Waals surface area contributed by atoms with E-state index < -0.39 is 12.1 Å². The van der Waals surface area contributed by atoms with E-state index in [1.54, 1.807) is 13.8 Å². The van der Waals surface area contributed by atoms with E-state index in [-0.39, 0.29) is 23.9 Å². The number of aryl methyl sites for hydroxylation is 2. The third-order valence-corrected chi connectivity index (χ3v) is 4.10. The minimum atomic E-state index is -1.05. The van der Waals surface area contributed by atoms with E-state index >= 15 is 0 Å². The Morgan fingerprint density at radius 2 is 1.88 bits per heavy atom. The molecule has 2 rings (SSSR count). The van der Waals surface area contributed by atoms with Crippen LogP contribution in [0.5, 0.6) is 5.75 Å². The number of benzene rings is 1. The van der Waals surface area contributed by atoms with Gasteiger partial charge in [-0.1, -0.05) is 26.0 Å². The number of ether oxygens (including phenoxy) is 1. The van der Waals surface area contributed by atoms with Crippen molar-refractivity contribution in [2.45, 2.75) is 53.2 Å². The van der Waals surface area contributed by atoms with Crippen molar-refractivity contribution in [3.05, 3.63) is 52.5 Å². The van der Waals surface area contributed by atoms with E-state index in [1.165, 1.54) is 6.07 Å². The Labute approximate surface area is 153 Å². The monoisotopic (exact) mass is 359 g/mol. The van der Waals surface area contributed by atoms with Gasteiger partial charge in [0.2, 0.25) is 0 Å². The van der Waals surface area contributed by atoms with Crippen LogP contribution < -0.4 is 10.1 Å². The third-order valence-electron chi connectivity index (χ3n) is 4.10. The van der Waals surface area contributed by atoms with E-state index in [4.69, 9.17) is 14.3 Å². The largest absolute Gasteiger partial charge is 0.481 e. The average molecular weight is 359 g/mol. The molecule has 0 saturated heterocycles. The van der Waals surface area contributed by atoms with Gasteiger partial charge in [-0.3, -0.25) is 4.79 Å². The number of hydrogen-bond acceptors (Lipinski definition) is 4. The zero-order valence-corrected chi connectivity index (χ0v) is 15.8. The first-order valence-electron chi connectivity index (χ1n) is 8.56. The summed E-state index contributed by atoms with van der Waals surface area (Å²) in [6, 6.07) is 7.38. The lowest BCUT2D eigenvalue weighted by atomic mass is 10.0. The van der Waals surface area contributed by atoms with Crippen molar-refractivity contribution in [2.24, 2.45) is 0 Å². The molecule has 6 heteroatoms. The number of amides is 1. The van der Waals surface area contributed by atoms with Crippen LogP contribution in [0, 0.1) is 13.8 Å². The summed E-state index contributed by atoms with van der Waals surface area (Å²) in [6.45, 7) is 9.47. The van der Waals surface area contributed by atoms with Gasteiger partial charge in [-0.15, -0.1) is 0 Å². The Hall–Kier alpha value is -2.76. The highest BCUT2D eigenvalue weighted by Gasteiger charge is 2.19. The Morgan fingerprint density at radius 3 is 2.46 bits per heavy atom. The number of furan rings is 1. The Morgan fingerprint density at radius 1 is 1.19 bits per heavy atom. The fraction of sp³-hybridized carbons (Fsp3) is 0.400. The molecule has 2 aromatic rings.